The van der Waals surface area contributed by atoms with E-state index in [0.29, 0.717) is 0 Å². The van der Waals surface area contributed by atoms with Crippen molar-refractivity contribution >= 4 is 0 Å². The van der Waals surface area contributed by atoms with Gasteiger partial charge in [0.25, 0.3) is 0 Å². The Bertz CT molecular complexity index is 231. The minimum atomic E-state index is -0.984. The Kier molecular flexibility index (Phi) is 4.12. The molecular weight excluding hydrogens is 190 g/mol. The Labute approximate surface area is 80.9 Å². The molecule has 0 amide bonds. The molecule has 0 aromatic rings. The number of aliphatic hydroxyl groups is 2. The van der Waals surface area contributed by atoms with Crippen LogP contribution in [0.15, 0.2) is 5.11 Å². The number of ether oxygens (including phenoxy) is 2. The van der Waals surface area contributed by atoms with Gasteiger partial charge in [-0.2, -0.15) is 0 Å². The highest BCUT2D eigenvalue weighted by Gasteiger charge is 2.36. The van der Waals surface area contributed by atoms with Gasteiger partial charge in [-0.3, -0.25) is 0 Å². The van der Waals surface area contributed by atoms with E-state index in [9.17, 15) is 5.11 Å². The van der Waals surface area contributed by atoms with E-state index in [4.69, 9.17) is 20.1 Å². The molecule has 1 aliphatic heterocycles. The molecule has 1 saturated heterocycles. The molecule has 1 aliphatic rings. The summed E-state index contributed by atoms with van der Waals surface area (Å²) < 4.78 is 10.1. The van der Waals surface area contributed by atoms with E-state index in [0.717, 1.165) is 0 Å². The third-order valence-electron chi connectivity index (χ3n) is 2.18. The van der Waals surface area contributed by atoms with Crippen LogP contribution in [-0.2, 0) is 9.47 Å². The molecule has 0 aliphatic carbocycles. The highest BCUT2D eigenvalue weighted by atomic mass is 16.7. The molecule has 0 spiro atoms. The van der Waals surface area contributed by atoms with Crippen molar-refractivity contribution in [2.24, 2.45) is 5.11 Å². The normalized spacial score (nSPS) is 37.6. The summed E-state index contributed by atoms with van der Waals surface area (Å²) in [6, 6.07) is -0.615. The molecular formula is C7H13N3O4. The van der Waals surface area contributed by atoms with Crippen molar-refractivity contribution in [2.75, 3.05) is 13.7 Å². The summed E-state index contributed by atoms with van der Waals surface area (Å²) in [5.41, 5.74) is 8.26. The first kappa shape index (κ1) is 11.2. The van der Waals surface area contributed by atoms with Gasteiger partial charge in [0.05, 0.1) is 18.8 Å². The standard InChI is InChI=1S/C7H13N3O4/c1-13-6-2-4(9-10-8)7(12)5(3-11)14-6/h4-7,11-12H,2-3H2,1H3. The predicted octanol–water partition coefficient (Wildman–Crippen LogP) is -0.220. The maximum atomic E-state index is 9.57. The third-order valence-corrected chi connectivity index (χ3v) is 2.18. The lowest BCUT2D eigenvalue weighted by atomic mass is 10.00. The van der Waals surface area contributed by atoms with Crippen LogP contribution in [0.3, 0.4) is 0 Å². The lowest BCUT2D eigenvalue weighted by molar-refractivity contribution is -0.224. The van der Waals surface area contributed by atoms with Gasteiger partial charge in [-0.1, -0.05) is 5.11 Å². The summed E-state index contributed by atoms with van der Waals surface area (Å²) in [5.74, 6) is 0. The molecule has 14 heavy (non-hydrogen) atoms. The minimum absolute atomic E-state index is 0.290. The Morgan fingerprint density at radius 3 is 2.93 bits per heavy atom. The minimum Gasteiger partial charge on any atom is -0.394 e. The summed E-state index contributed by atoms with van der Waals surface area (Å²) in [7, 11) is 1.45. The first-order valence-corrected chi connectivity index (χ1v) is 4.24. The molecule has 80 valence electrons. The number of hydrogen-bond acceptors (Lipinski definition) is 5. The first-order chi connectivity index (χ1) is 6.72. The van der Waals surface area contributed by atoms with Crippen LogP contribution in [0.25, 0.3) is 10.4 Å². The van der Waals surface area contributed by atoms with Crippen LogP contribution in [-0.4, -0.2) is 48.5 Å². The molecule has 4 atom stereocenters. The molecule has 0 bridgehead atoms. The fourth-order valence-corrected chi connectivity index (χ4v) is 1.40. The molecule has 7 nitrogen and oxygen atoms in total. The summed E-state index contributed by atoms with van der Waals surface area (Å²) >= 11 is 0. The van der Waals surface area contributed by atoms with E-state index in [1.807, 2.05) is 0 Å². The summed E-state index contributed by atoms with van der Waals surface area (Å²) in [4.78, 5) is 2.62. The molecule has 0 aromatic heterocycles. The van der Waals surface area contributed by atoms with E-state index in [-0.39, 0.29) is 13.0 Å². The maximum Gasteiger partial charge on any atom is 0.158 e. The van der Waals surface area contributed by atoms with E-state index < -0.39 is 24.5 Å². The zero-order valence-electron chi connectivity index (χ0n) is 7.78. The number of methoxy groups -OCH3 is 1. The topological polar surface area (TPSA) is 108 Å². The fourth-order valence-electron chi connectivity index (χ4n) is 1.40. The Balaban J connectivity index is 2.69. The lowest BCUT2D eigenvalue weighted by Gasteiger charge is -2.35. The van der Waals surface area contributed by atoms with Gasteiger partial charge in [-0.15, -0.1) is 0 Å². The molecule has 0 aromatic carbocycles. The van der Waals surface area contributed by atoms with Gasteiger partial charge in [0, 0.05) is 18.4 Å². The average molecular weight is 203 g/mol. The van der Waals surface area contributed by atoms with Gasteiger partial charge in [-0.25, -0.2) is 0 Å². The maximum absolute atomic E-state index is 9.57. The van der Waals surface area contributed by atoms with Gasteiger partial charge in [0.1, 0.15) is 6.10 Å². The van der Waals surface area contributed by atoms with Crippen molar-refractivity contribution in [3.8, 4) is 0 Å². The summed E-state index contributed by atoms with van der Waals surface area (Å²) in [6.45, 7) is -0.335. The number of nitrogens with zero attached hydrogens (tertiary/aromatic N) is 3. The number of aliphatic hydroxyl groups excluding tert-OH is 2. The SMILES string of the molecule is COC1CC(N=[N+]=[N-])C(O)C(CO)O1. The average Bonchev–Trinajstić information content (AvgIpc) is 2.21. The van der Waals surface area contributed by atoms with Crippen LogP contribution >= 0.6 is 0 Å². The zero-order chi connectivity index (χ0) is 10.6. The zero-order valence-corrected chi connectivity index (χ0v) is 7.78. The molecule has 0 saturated carbocycles. The van der Waals surface area contributed by atoms with Gasteiger partial charge in [0.2, 0.25) is 0 Å². The molecule has 4 unspecified atom stereocenters. The largest absolute Gasteiger partial charge is 0.394 e. The highest BCUT2D eigenvalue weighted by Crippen LogP contribution is 2.23. The fraction of sp³-hybridized carbons (Fsp3) is 1.00. The quantitative estimate of drug-likeness (QED) is 0.375. The second-order valence-electron chi connectivity index (χ2n) is 3.02. The van der Waals surface area contributed by atoms with Crippen molar-refractivity contribution in [1.82, 2.24) is 0 Å². The number of hydrogen-bond donors (Lipinski definition) is 2. The van der Waals surface area contributed by atoms with Crippen LogP contribution in [0.2, 0.25) is 0 Å². The molecule has 1 rings (SSSR count). The molecule has 1 fully saturated rings. The second kappa shape index (κ2) is 5.14. The highest BCUT2D eigenvalue weighted by molar-refractivity contribution is 4.87. The van der Waals surface area contributed by atoms with Gasteiger partial charge >= 0.3 is 0 Å². The molecule has 2 N–H and O–H groups in total. The van der Waals surface area contributed by atoms with Crippen molar-refractivity contribution < 1.29 is 19.7 Å². The van der Waals surface area contributed by atoms with Crippen molar-refractivity contribution in [1.29, 1.82) is 0 Å². The van der Waals surface area contributed by atoms with E-state index in [1.165, 1.54) is 7.11 Å². The smallest absolute Gasteiger partial charge is 0.158 e. The molecule has 1 heterocycles. The van der Waals surface area contributed by atoms with Crippen LogP contribution < -0.4 is 0 Å². The van der Waals surface area contributed by atoms with Crippen molar-refractivity contribution in [3.63, 3.8) is 0 Å². The predicted molar refractivity (Wildman–Crippen MR) is 46.3 cm³/mol. The van der Waals surface area contributed by atoms with Crippen molar-refractivity contribution in [3.05, 3.63) is 10.4 Å². The van der Waals surface area contributed by atoms with Gasteiger partial charge < -0.3 is 19.7 Å². The Morgan fingerprint density at radius 2 is 2.43 bits per heavy atom. The van der Waals surface area contributed by atoms with Crippen LogP contribution in [0.4, 0.5) is 0 Å². The monoisotopic (exact) mass is 203 g/mol. The van der Waals surface area contributed by atoms with Crippen LogP contribution in [0.5, 0.6) is 0 Å². The molecule has 7 heteroatoms. The molecule has 0 radical (unpaired) electrons. The van der Waals surface area contributed by atoms with Gasteiger partial charge in [-0.05, 0) is 5.53 Å². The second-order valence-corrected chi connectivity index (χ2v) is 3.02. The van der Waals surface area contributed by atoms with E-state index >= 15 is 0 Å². The van der Waals surface area contributed by atoms with Crippen molar-refractivity contribution in [2.45, 2.75) is 31.0 Å². The van der Waals surface area contributed by atoms with Crippen LogP contribution in [0.1, 0.15) is 6.42 Å². The number of azide groups is 1. The van der Waals surface area contributed by atoms with Crippen LogP contribution in [0, 0.1) is 0 Å². The lowest BCUT2D eigenvalue weighted by Crippen LogP contribution is -2.49. The summed E-state index contributed by atoms with van der Waals surface area (Å²) in [6.07, 6.45) is -2.00. The van der Waals surface area contributed by atoms with Gasteiger partial charge in [0.15, 0.2) is 6.29 Å². The third kappa shape index (κ3) is 2.34. The Hall–Kier alpha value is -0.850. The summed E-state index contributed by atoms with van der Waals surface area (Å²) in [5, 5.41) is 21.9. The first-order valence-electron chi connectivity index (χ1n) is 4.24. The number of rotatable bonds is 3. The van der Waals surface area contributed by atoms with E-state index in [1.54, 1.807) is 0 Å². The van der Waals surface area contributed by atoms with E-state index in [2.05, 4.69) is 10.0 Å². The Morgan fingerprint density at radius 1 is 1.71 bits per heavy atom.